The monoisotopic (exact) mass is 394 g/mol. The molecule has 28 heavy (non-hydrogen) atoms. The highest BCUT2D eigenvalue weighted by Crippen LogP contribution is 2.31. The van der Waals surface area contributed by atoms with Gasteiger partial charge in [0.2, 0.25) is 5.65 Å². The third-order valence-electron chi connectivity index (χ3n) is 5.13. The van der Waals surface area contributed by atoms with Gasteiger partial charge < -0.3 is 9.87 Å². The minimum atomic E-state index is -3.86. The molecule has 0 saturated heterocycles. The van der Waals surface area contributed by atoms with E-state index in [9.17, 15) is 8.76 Å². The van der Waals surface area contributed by atoms with Crippen LogP contribution in [0.5, 0.6) is 0 Å². The fourth-order valence-electron chi connectivity index (χ4n) is 3.72. The van der Waals surface area contributed by atoms with Gasteiger partial charge in [0.25, 0.3) is 0 Å². The number of nitrogens with zero attached hydrogens (tertiary/aromatic N) is 5. The molecule has 1 aliphatic rings. The van der Waals surface area contributed by atoms with Gasteiger partial charge in [0.15, 0.2) is 4.90 Å². The Morgan fingerprint density at radius 1 is 1.11 bits per heavy atom. The van der Waals surface area contributed by atoms with Crippen molar-refractivity contribution in [3.8, 4) is 0 Å². The van der Waals surface area contributed by atoms with Crippen LogP contribution in [0.15, 0.2) is 58.7 Å². The molecular formula is C19H18N6O2S. The second-order valence-corrected chi connectivity index (χ2v) is 8.78. The Morgan fingerprint density at radius 3 is 2.64 bits per heavy atom. The van der Waals surface area contributed by atoms with Gasteiger partial charge in [-0.25, -0.2) is 4.98 Å². The second kappa shape index (κ2) is 6.61. The Hall–Kier alpha value is -2.91. The average Bonchev–Trinajstić information content (AvgIpc) is 3.39. The van der Waals surface area contributed by atoms with Crippen LogP contribution in [0.3, 0.4) is 0 Å². The molecule has 1 fully saturated rings. The Labute approximate surface area is 162 Å². The lowest BCUT2D eigenvalue weighted by molar-refractivity contribution is 0.475. The first kappa shape index (κ1) is 17.2. The maximum Gasteiger partial charge on any atom is 0.317 e. The lowest BCUT2D eigenvalue weighted by atomic mass is 10.2. The third-order valence-corrected chi connectivity index (χ3v) is 6.80. The van der Waals surface area contributed by atoms with Crippen LogP contribution in [-0.2, 0) is 14.4 Å². The normalized spacial score (nSPS) is 17.2. The van der Waals surface area contributed by atoms with Gasteiger partial charge in [-0.05, 0) is 25.0 Å². The van der Waals surface area contributed by atoms with Crippen molar-refractivity contribution >= 4 is 32.6 Å². The zero-order valence-electron chi connectivity index (χ0n) is 15.0. The van der Waals surface area contributed by atoms with Gasteiger partial charge in [-0.2, -0.15) is 4.52 Å². The molecule has 8 nitrogen and oxygen atoms in total. The van der Waals surface area contributed by atoms with Gasteiger partial charge in [-0.3, -0.25) is 4.98 Å². The Morgan fingerprint density at radius 2 is 1.86 bits per heavy atom. The maximum absolute atomic E-state index is 13.1. The number of hydrogen-bond acceptors (Lipinski definition) is 7. The Kier molecular flexibility index (Phi) is 4.06. The van der Waals surface area contributed by atoms with Crippen LogP contribution in [0.25, 0.3) is 16.6 Å². The van der Waals surface area contributed by atoms with E-state index in [0.29, 0.717) is 11.9 Å². The quantitative estimate of drug-likeness (QED) is 0.530. The molecule has 1 aliphatic carbocycles. The van der Waals surface area contributed by atoms with Crippen molar-refractivity contribution in [3.05, 3.63) is 48.8 Å². The summed E-state index contributed by atoms with van der Waals surface area (Å²) in [5, 5.41) is 12.3. The largest absolute Gasteiger partial charge is 0.604 e. The number of para-hydroxylation sites is 1. The van der Waals surface area contributed by atoms with E-state index in [1.165, 1.54) is 41.9 Å². The SMILES string of the molecule is O=[S+]([O-])(c1ccncc1)c1nnn2c1nc(NC1CCCC1)c1ccccc12. The molecule has 1 saturated carbocycles. The zero-order chi connectivity index (χ0) is 19.1. The molecule has 4 aromatic rings. The van der Waals surface area contributed by atoms with Crippen molar-refractivity contribution < 1.29 is 8.76 Å². The van der Waals surface area contributed by atoms with E-state index in [2.05, 4.69) is 25.6 Å². The van der Waals surface area contributed by atoms with E-state index in [4.69, 9.17) is 0 Å². The molecule has 0 spiro atoms. The van der Waals surface area contributed by atoms with Gasteiger partial charge in [-0.15, -0.1) is 0 Å². The molecule has 0 aliphatic heterocycles. The van der Waals surface area contributed by atoms with Gasteiger partial charge in [0.1, 0.15) is 16.0 Å². The lowest BCUT2D eigenvalue weighted by Gasteiger charge is -2.15. The van der Waals surface area contributed by atoms with Crippen molar-refractivity contribution in [1.29, 1.82) is 0 Å². The summed E-state index contributed by atoms with van der Waals surface area (Å²) >= 11 is 0. The number of aromatic nitrogens is 5. The maximum atomic E-state index is 13.1. The second-order valence-electron chi connectivity index (χ2n) is 6.92. The van der Waals surface area contributed by atoms with Crippen LogP contribution in [0.2, 0.25) is 0 Å². The van der Waals surface area contributed by atoms with Gasteiger partial charge in [0.05, 0.1) is 5.52 Å². The average molecular weight is 394 g/mol. The number of sulfone groups is 1. The summed E-state index contributed by atoms with van der Waals surface area (Å²) in [6.07, 6.45) is 7.42. The fraction of sp³-hybridized carbons (Fsp3) is 0.263. The van der Waals surface area contributed by atoms with Crippen LogP contribution >= 0.6 is 0 Å². The van der Waals surface area contributed by atoms with Gasteiger partial charge >= 0.3 is 5.03 Å². The van der Waals surface area contributed by atoms with Crippen LogP contribution in [0, 0.1) is 0 Å². The van der Waals surface area contributed by atoms with Gasteiger partial charge in [0, 0.05) is 36.0 Å². The van der Waals surface area contributed by atoms with E-state index in [1.54, 1.807) is 0 Å². The van der Waals surface area contributed by atoms with Crippen molar-refractivity contribution in [3.63, 3.8) is 0 Å². The summed E-state index contributed by atoms with van der Waals surface area (Å²) in [6, 6.07) is 10.9. The standard InChI is InChI=1S/C19H18N6O2S/c26-28(27,14-9-11-20-12-10-14)19-18-22-17(21-13-5-1-2-6-13)15-7-3-4-8-16(15)25(18)24-23-19/h3-4,7-13H,1-2,5-6H2,(H-,21,22,26,27). The molecule has 1 N–H and O–H groups in total. The molecule has 3 aromatic heterocycles. The van der Waals surface area contributed by atoms with Crippen molar-refractivity contribution in [2.45, 2.75) is 41.6 Å². The summed E-state index contributed by atoms with van der Waals surface area (Å²) in [5.41, 5.74) is 0.979. The molecule has 0 radical (unpaired) electrons. The molecule has 3 heterocycles. The van der Waals surface area contributed by atoms with Crippen LogP contribution in [-0.4, -0.2) is 35.4 Å². The number of rotatable bonds is 4. The predicted octanol–water partition coefficient (Wildman–Crippen LogP) is 3.07. The highest BCUT2D eigenvalue weighted by molar-refractivity contribution is 7.97. The number of benzene rings is 1. The number of hydrogen-bond donors (Lipinski definition) is 1. The number of anilines is 1. The molecule has 0 bridgehead atoms. The van der Waals surface area contributed by atoms with E-state index in [0.717, 1.165) is 23.7 Å². The van der Waals surface area contributed by atoms with E-state index < -0.39 is 10.2 Å². The minimum absolute atomic E-state index is 0.116. The molecule has 1 atom stereocenters. The minimum Gasteiger partial charge on any atom is -0.604 e. The molecular weight excluding hydrogens is 376 g/mol. The fourth-order valence-corrected chi connectivity index (χ4v) is 4.94. The number of nitrogens with one attached hydrogen (secondary N) is 1. The highest BCUT2D eigenvalue weighted by Gasteiger charge is 2.32. The summed E-state index contributed by atoms with van der Waals surface area (Å²) in [5.74, 6) is 0.670. The smallest absolute Gasteiger partial charge is 0.317 e. The van der Waals surface area contributed by atoms with Crippen LogP contribution < -0.4 is 5.32 Å². The molecule has 1 unspecified atom stereocenters. The predicted molar refractivity (Wildman–Crippen MR) is 104 cm³/mol. The third kappa shape index (κ3) is 2.74. The van der Waals surface area contributed by atoms with E-state index in [1.807, 2.05) is 24.3 Å². The number of fused-ring (bicyclic) bond motifs is 3. The Balaban J connectivity index is 1.72. The first-order valence-electron chi connectivity index (χ1n) is 9.20. The number of pyridine rings is 1. The van der Waals surface area contributed by atoms with Crippen LogP contribution in [0.4, 0.5) is 5.82 Å². The van der Waals surface area contributed by atoms with Crippen molar-refractivity contribution in [1.82, 2.24) is 24.8 Å². The van der Waals surface area contributed by atoms with Crippen LogP contribution in [0.1, 0.15) is 25.7 Å². The summed E-state index contributed by atoms with van der Waals surface area (Å²) in [4.78, 5) is 8.65. The van der Waals surface area contributed by atoms with Crippen molar-refractivity contribution in [2.75, 3.05) is 5.32 Å². The molecule has 142 valence electrons. The first-order valence-corrected chi connectivity index (χ1v) is 10.7. The Bertz CT molecular complexity index is 1200. The first-order chi connectivity index (χ1) is 13.6. The summed E-state index contributed by atoms with van der Waals surface area (Å²) < 4.78 is 27.7. The van der Waals surface area contributed by atoms with Gasteiger partial charge in [-0.1, -0.05) is 39.5 Å². The van der Waals surface area contributed by atoms with Crippen molar-refractivity contribution in [2.24, 2.45) is 0 Å². The molecule has 1 aromatic carbocycles. The molecule has 5 rings (SSSR count). The van der Waals surface area contributed by atoms with E-state index in [-0.39, 0.29) is 15.6 Å². The topological polar surface area (TPSA) is 108 Å². The zero-order valence-corrected chi connectivity index (χ0v) is 15.8. The lowest BCUT2D eigenvalue weighted by Crippen LogP contribution is -2.17. The van der Waals surface area contributed by atoms with E-state index >= 15 is 0 Å². The molecule has 0 amide bonds. The summed E-state index contributed by atoms with van der Waals surface area (Å²) in [7, 11) is -3.86. The summed E-state index contributed by atoms with van der Waals surface area (Å²) in [6.45, 7) is 0. The highest BCUT2D eigenvalue weighted by atomic mass is 32.3. The molecule has 9 heteroatoms.